The van der Waals surface area contributed by atoms with Gasteiger partial charge in [0.05, 0.1) is 10.9 Å². The topological polar surface area (TPSA) is 76.5 Å². The summed E-state index contributed by atoms with van der Waals surface area (Å²) >= 11 is 0. The monoisotopic (exact) mass is 203 g/mol. The Morgan fingerprint density at radius 2 is 2.13 bits per heavy atom. The van der Waals surface area contributed by atoms with Crippen molar-refractivity contribution in [2.45, 2.75) is 0 Å². The number of aromatic carboxylic acids is 1. The first-order chi connectivity index (χ1) is 7.24. The van der Waals surface area contributed by atoms with Crippen molar-refractivity contribution in [1.29, 1.82) is 0 Å². The van der Waals surface area contributed by atoms with E-state index in [0.29, 0.717) is 11.1 Å². The second-order valence-corrected chi connectivity index (χ2v) is 3.19. The Labute approximate surface area is 82.8 Å². The molecule has 0 radical (unpaired) electrons. The van der Waals surface area contributed by atoms with E-state index < -0.39 is 5.97 Å². The molecule has 0 saturated heterocycles. The Morgan fingerprint density at radius 3 is 2.93 bits per heavy atom. The molecule has 0 spiro atoms. The average Bonchev–Trinajstić information content (AvgIpc) is 2.77. The molecular formula is C10H5NO4. The van der Waals surface area contributed by atoms with E-state index >= 15 is 0 Å². The van der Waals surface area contributed by atoms with Crippen LogP contribution >= 0.6 is 0 Å². The lowest BCUT2D eigenvalue weighted by Crippen LogP contribution is -1.94. The van der Waals surface area contributed by atoms with Gasteiger partial charge >= 0.3 is 5.97 Å². The van der Waals surface area contributed by atoms with Crippen molar-refractivity contribution in [3.05, 3.63) is 30.2 Å². The maximum atomic E-state index is 10.7. The Hall–Kier alpha value is -2.30. The third-order valence-electron chi connectivity index (χ3n) is 2.22. The third-order valence-corrected chi connectivity index (χ3v) is 2.22. The number of fused-ring (bicyclic) bond motifs is 2. The number of nitrogens with zero attached hydrogens (tertiary/aromatic N) is 1. The van der Waals surface area contributed by atoms with E-state index in [1.54, 1.807) is 12.1 Å². The molecule has 0 aliphatic rings. The van der Waals surface area contributed by atoms with Gasteiger partial charge in [-0.2, -0.15) is 0 Å². The van der Waals surface area contributed by atoms with Gasteiger partial charge in [0.25, 0.3) is 0 Å². The van der Waals surface area contributed by atoms with Crippen molar-refractivity contribution >= 4 is 27.8 Å². The second kappa shape index (κ2) is 2.60. The summed E-state index contributed by atoms with van der Waals surface area (Å²) in [5, 5.41) is 10.3. The highest BCUT2D eigenvalue weighted by atomic mass is 17.0. The average molecular weight is 203 g/mol. The van der Waals surface area contributed by atoms with Crippen LogP contribution in [0.25, 0.3) is 21.9 Å². The second-order valence-electron chi connectivity index (χ2n) is 3.19. The fourth-order valence-electron chi connectivity index (χ4n) is 1.53. The highest BCUT2D eigenvalue weighted by molar-refractivity contribution is 5.99. The first kappa shape index (κ1) is 8.05. The number of rotatable bonds is 1. The van der Waals surface area contributed by atoms with Gasteiger partial charge in [-0.05, 0) is 12.1 Å². The van der Waals surface area contributed by atoms with Gasteiger partial charge < -0.3 is 5.11 Å². The van der Waals surface area contributed by atoms with Crippen LogP contribution in [0.4, 0.5) is 0 Å². The van der Waals surface area contributed by atoms with Crippen LogP contribution in [0.15, 0.2) is 33.6 Å². The zero-order valence-electron chi connectivity index (χ0n) is 7.43. The molecule has 0 aliphatic heterocycles. The van der Waals surface area contributed by atoms with Crippen molar-refractivity contribution in [1.82, 2.24) is 4.98 Å². The first-order valence-corrected chi connectivity index (χ1v) is 4.25. The van der Waals surface area contributed by atoms with Gasteiger partial charge in [0.15, 0.2) is 11.8 Å². The lowest BCUT2D eigenvalue weighted by Gasteiger charge is -1.85. The molecule has 0 amide bonds. The summed E-state index contributed by atoms with van der Waals surface area (Å²) in [5.74, 6) is -1.03. The maximum absolute atomic E-state index is 10.7. The molecule has 2 heterocycles. The number of hydrogen-bond acceptors (Lipinski definition) is 4. The Morgan fingerprint density at radius 1 is 1.27 bits per heavy atom. The van der Waals surface area contributed by atoms with Crippen LogP contribution in [-0.2, 0) is 0 Å². The standard InChI is InChI=1S/C10H5NO4/c12-10(13)8-2-5-1-6-4-14-15-9(6)3-7(5)11-8/h1-4H,(H,12,13). The highest BCUT2D eigenvalue weighted by Crippen LogP contribution is 2.23. The molecule has 0 bridgehead atoms. The summed E-state index contributed by atoms with van der Waals surface area (Å²) in [4.78, 5) is 14.6. The van der Waals surface area contributed by atoms with Crippen LogP contribution in [0, 0.1) is 0 Å². The number of aromatic nitrogens is 1. The summed E-state index contributed by atoms with van der Waals surface area (Å²) in [5.41, 5.74) is 1.18. The van der Waals surface area contributed by atoms with Gasteiger partial charge in [-0.15, -0.1) is 0 Å². The van der Waals surface area contributed by atoms with E-state index in [0.717, 1.165) is 10.8 Å². The summed E-state index contributed by atoms with van der Waals surface area (Å²) in [7, 11) is 0. The van der Waals surface area contributed by atoms with Crippen LogP contribution in [-0.4, -0.2) is 16.1 Å². The minimum Gasteiger partial charge on any atom is -0.477 e. The van der Waals surface area contributed by atoms with Crippen LogP contribution < -0.4 is 0 Å². The van der Waals surface area contributed by atoms with E-state index in [1.807, 2.05) is 0 Å². The minimum atomic E-state index is -1.03. The minimum absolute atomic E-state index is 0.0367. The molecule has 15 heavy (non-hydrogen) atoms. The normalized spacial score (nSPS) is 11.2. The van der Waals surface area contributed by atoms with E-state index in [2.05, 4.69) is 9.56 Å². The number of benzene rings is 1. The SMILES string of the molecule is O=C(O)c1cc2cc3cooc3cc2n1. The zero-order chi connectivity index (χ0) is 10.4. The molecule has 74 valence electrons. The number of hydrogen-bond donors (Lipinski definition) is 1. The molecule has 1 aromatic carbocycles. The molecule has 5 heteroatoms. The van der Waals surface area contributed by atoms with Crippen LogP contribution in [0.2, 0.25) is 0 Å². The summed E-state index contributed by atoms with van der Waals surface area (Å²) in [6.45, 7) is 0. The maximum Gasteiger partial charge on any atom is 0.354 e. The Balaban J connectivity index is 2.38. The van der Waals surface area contributed by atoms with Crippen LogP contribution in [0.1, 0.15) is 10.5 Å². The van der Waals surface area contributed by atoms with Gasteiger partial charge in [0.2, 0.25) is 0 Å². The zero-order valence-corrected chi connectivity index (χ0v) is 7.43. The fraction of sp³-hybridized carbons (Fsp3) is 0. The van der Waals surface area contributed by atoms with Crippen molar-refractivity contribution in [3.8, 4) is 0 Å². The molecule has 0 fully saturated rings. The molecule has 0 saturated carbocycles. The smallest absolute Gasteiger partial charge is 0.354 e. The van der Waals surface area contributed by atoms with Crippen molar-refractivity contribution in [2.75, 3.05) is 0 Å². The number of carboxylic acids is 1. The van der Waals surface area contributed by atoms with Gasteiger partial charge in [-0.1, -0.05) is 0 Å². The van der Waals surface area contributed by atoms with Gasteiger partial charge in [0, 0.05) is 11.5 Å². The van der Waals surface area contributed by atoms with Crippen molar-refractivity contribution in [3.63, 3.8) is 0 Å². The predicted molar refractivity (Wildman–Crippen MR) is 50.7 cm³/mol. The van der Waals surface area contributed by atoms with E-state index in [9.17, 15) is 4.79 Å². The third kappa shape index (κ3) is 1.10. The van der Waals surface area contributed by atoms with Gasteiger partial charge in [-0.3, -0.25) is 9.15 Å². The summed E-state index contributed by atoms with van der Waals surface area (Å²) < 4.78 is 9.50. The van der Waals surface area contributed by atoms with E-state index in [1.165, 1.54) is 12.3 Å². The lowest BCUT2D eigenvalue weighted by molar-refractivity contribution is 0.0691. The quantitative estimate of drug-likeness (QED) is 0.614. The number of carbonyl (C=O) groups is 1. The van der Waals surface area contributed by atoms with Crippen LogP contribution in [0.5, 0.6) is 0 Å². The number of carboxylic acid groups (broad SMARTS) is 1. The largest absolute Gasteiger partial charge is 0.477 e. The predicted octanol–water partition coefficient (Wildman–Crippen LogP) is 2.27. The van der Waals surface area contributed by atoms with E-state index in [-0.39, 0.29) is 5.69 Å². The van der Waals surface area contributed by atoms with Gasteiger partial charge in [0.1, 0.15) is 5.69 Å². The first-order valence-electron chi connectivity index (χ1n) is 4.25. The summed E-state index contributed by atoms with van der Waals surface area (Å²) in [6, 6.07) is 4.95. The molecule has 3 rings (SSSR count). The van der Waals surface area contributed by atoms with E-state index in [4.69, 9.17) is 9.68 Å². The highest BCUT2D eigenvalue weighted by Gasteiger charge is 2.11. The Kier molecular flexibility index (Phi) is 1.39. The molecular weight excluding hydrogens is 198 g/mol. The molecule has 5 nitrogen and oxygen atoms in total. The van der Waals surface area contributed by atoms with Crippen molar-refractivity contribution < 1.29 is 19.1 Å². The van der Waals surface area contributed by atoms with Crippen LogP contribution in [0.3, 0.4) is 0 Å². The molecule has 3 aromatic rings. The fourth-order valence-corrected chi connectivity index (χ4v) is 1.53. The van der Waals surface area contributed by atoms with Crippen molar-refractivity contribution in [2.24, 2.45) is 0 Å². The molecule has 2 aromatic heterocycles. The summed E-state index contributed by atoms with van der Waals surface area (Å²) in [6.07, 6.45) is 1.46. The lowest BCUT2D eigenvalue weighted by atomic mass is 10.2. The molecule has 1 N–H and O–H groups in total. The Bertz CT molecular complexity index is 616. The molecule has 0 atom stereocenters. The van der Waals surface area contributed by atoms with Gasteiger partial charge in [-0.25, -0.2) is 9.78 Å². The molecule has 0 unspecified atom stereocenters. The molecule has 0 aliphatic carbocycles.